The summed E-state index contributed by atoms with van der Waals surface area (Å²) in [5.41, 5.74) is 6.00. The van der Waals surface area contributed by atoms with Crippen molar-refractivity contribution in [2.45, 2.75) is 44.9 Å². The molecule has 1 heterocycles. The Labute approximate surface area is 95.2 Å². The van der Waals surface area contributed by atoms with Gasteiger partial charge in [0.25, 0.3) is 0 Å². The van der Waals surface area contributed by atoms with Crippen molar-refractivity contribution in [1.29, 1.82) is 0 Å². The van der Waals surface area contributed by atoms with Crippen LogP contribution in [-0.4, -0.2) is 17.3 Å². The summed E-state index contributed by atoms with van der Waals surface area (Å²) in [5, 5.41) is 0. The van der Waals surface area contributed by atoms with E-state index >= 15 is 0 Å². The topological polar surface area (TPSA) is 69.1 Å². The molecular weight excluding hydrogens is 204 g/mol. The molecule has 2 N–H and O–H groups in total. The van der Waals surface area contributed by atoms with Gasteiger partial charge in [0, 0.05) is 5.92 Å². The molecule has 0 unspecified atom stereocenters. The Hall–Kier alpha value is -1.16. The minimum absolute atomic E-state index is 0.0137. The molecule has 1 saturated carbocycles. The largest absolute Gasteiger partial charge is 0.437 e. The zero-order chi connectivity index (χ0) is 11.5. The molecule has 0 amide bonds. The lowest BCUT2D eigenvalue weighted by atomic mass is 9.89. The predicted molar refractivity (Wildman–Crippen MR) is 60.5 cm³/mol. The van der Waals surface area contributed by atoms with Crippen molar-refractivity contribution in [2.75, 3.05) is 6.54 Å². The normalized spacial score (nSPS) is 17.6. The van der Waals surface area contributed by atoms with Crippen LogP contribution >= 0.6 is 0 Å². The van der Waals surface area contributed by atoms with E-state index in [1.54, 1.807) is 6.92 Å². The highest BCUT2D eigenvalue weighted by Crippen LogP contribution is 2.32. The summed E-state index contributed by atoms with van der Waals surface area (Å²) in [6, 6.07) is 0. The molecule has 0 saturated heterocycles. The summed E-state index contributed by atoms with van der Waals surface area (Å²) >= 11 is 0. The second kappa shape index (κ2) is 4.78. The van der Waals surface area contributed by atoms with Gasteiger partial charge < -0.3 is 10.2 Å². The van der Waals surface area contributed by atoms with E-state index in [0.29, 0.717) is 17.4 Å². The minimum atomic E-state index is -0.160. The molecule has 1 aromatic heterocycles. The number of rotatable bonds is 3. The first kappa shape index (κ1) is 11.3. The van der Waals surface area contributed by atoms with Crippen molar-refractivity contribution in [3.63, 3.8) is 0 Å². The molecule has 0 spiro atoms. The van der Waals surface area contributed by atoms with Crippen molar-refractivity contribution in [1.82, 2.24) is 4.98 Å². The summed E-state index contributed by atoms with van der Waals surface area (Å²) in [6.45, 7) is 1.79. The second-order valence-corrected chi connectivity index (χ2v) is 4.43. The first-order valence-electron chi connectivity index (χ1n) is 5.93. The fourth-order valence-electron chi connectivity index (χ4n) is 2.29. The molecule has 1 fully saturated rings. The van der Waals surface area contributed by atoms with E-state index in [2.05, 4.69) is 4.98 Å². The highest BCUT2D eigenvalue weighted by Gasteiger charge is 2.23. The van der Waals surface area contributed by atoms with Crippen LogP contribution in [0.2, 0.25) is 0 Å². The third-order valence-corrected chi connectivity index (χ3v) is 3.21. The van der Waals surface area contributed by atoms with Gasteiger partial charge in [-0.15, -0.1) is 0 Å². The Morgan fingerprint density at radius 1 is 1.44 bits per heavy atom. The fourth-order valence-corrected chi connectivity index (χ4v) is 2.29. The first-order valence-corrected chi connectivity index (χ1v) is 5.93. The van der Waals surface area contributed by atoms with Gasteiger partial charge in [0.1, 0.15) is 0 Å². The van der Waals surface area contributed by atoms with Gasteiger partial charge in [-0.25, -0.2) is 4.98 Å². The van der Waals surface area contributed by atoms with E-state index < -0.39 is 0 Å². The number of nitrogens with two attached hydrogens (primary N) is 1. The summed E-state index contributed by atoms with van der Waals surface area (Å²) in [5.74, 6) is 1.32. The van der Waals surface area contributed by atoms with Gasteiger partial charge in [-0.3, -0.25) is 4.79 Å². The standard InChI is InChI=1S/C12H18N2O2/c1-8-11(10(15)7-13)16-12(14-8)9-5-3-2-4-6-9/h9H,2-7,13H2,1H3. The lowest BCUT2D eigenvalue weighted by Crippen LogP contribution is -2.13. The van der Waals surface area contributed by atoms with Crippen LogP contribution < -0.4 is 5.73 Å². The molecule has 1 aromatic rings. The third kappa shape index (κ3) is 2.16. The first-order chi connectivity index (χ1) is 7.72. The van der Waals surface area contributed by atoms with Crippen molar-refractivity contribution >= 4 is 5.78 Å². The molecule has 16 heavy (non-hydrogen) atoms. The summed E-state index contributed by atoms with van der Waals surface area (Å²) in [7, 11) is 0. The molecule has 88 valence electrons. The summed E-state index contributed by atoms with van der Waals surface area (Å²) in [4.78, 5) is 15.8. The van der Waals surface area contributed by atoms with Crippen LogP contribution in [0.5, 0.6) is 0 Å². The fraction of sp³-hybridized carbons (Fsp3) is 0.667. The predicted octanol–water partition coefficient (Wildman–Crippen LogP) is 2.17. The van der Waals surface area contributed by atoms with Crippen LogP contribution in [-0.2, 0) is 0 Å². The van der Waals surface area contributed by atoms with Gasteiger partial charge in [0.15, 0.2) is 11.7 Å². The maximum Gasteiger partial charge on any atom is 0.213 e. The number of ketones is 1. The Kier molecular flexibility index (Phi) is 3.39. The van der Waals surface area contributed by atoms with Gasteiger partial charge in [-0.1, -0.05) is 19.3 Å². The van der Waals surface area contributed by atoms with Gasteiger partial charge >= 0.3 is 0 Å². The highest BCUT2D eigenvalue weighted by molar-refractivity contribution is 5.95. The second-order valence-electron chi connectivity index (χ2n) is 4.43. The number of aromatic nitrogens is 1. The Morgan fingerprint density at radius 2 is 2.12 bits per heavy atom. The average molecular weight is 222 g/mol. The SMILES string of the molecule is Cc1nc(C2CCCCC2)oc1C(=O)CN. The summed E-state index contributed by atoms with van der Waals surface area (Å²) in [6.07, 6.45) is 6.00. The molecule has 0 atom stereocenters. The van der Waals surface area contributed by atoms with E-state index in [9.17, 15) is 4.79 Å². The number of carbonyl (C=O) groups excluding carboxylic acids is 1. The van der Waals surface area contributed by atoms with Crippen molar-refractivity contribution in [2.24, 2.45) is 5.73 Å². The molecule has 4 nitrogen and oxygen atoms in total. The molecule has 0 bridgehead atoms. The van der Waals surface area contributed by atoms with E-state index in [1.165, 1.54) is 19.3 Å². The molecule has 4 heteroatoms. The quantitative estimate of drug-likeness (QED) is 0.796. The number of hydrogen-bond acceptors (Lipinski definition) is 4. The van der Waals surface area contributed by atoms with E-state index in [1.807, 2.05) is 0 Å². The smallest absolute Gasteiger partial charge is 0.213 e. The van der Waals surface area contributed by atoms with E-state index in [4.69, 9.17) is 10.2 Å². The maximum atomic E-state index is 11.5. The van der Waals surface area contributed by atoms with Crippen LogP contribution in [0.4, 0.5) is 0 Å². The van der Waals surface area contributed by atoms with Crippen LogP contribution in [0, 0.1) is 6.92 Å². The number of Topliss-reactive ketones (excluding diaryl/α,β-unsaturated/α-hetero) is 1. The molecular formula is C12H18N2O2. The van der Waals surface area contributed by atoms with Crippen molar-refractivity contribution < 1.29 is 9.21 Å². The zero-order valence-corrected chi connectivity index (χ0v) is 9.66. The maximum absolute atomic E-state index is 11.5. The molecule has 1 aliphatic carbocycles. The van der Waals surface area contributed by atoms with Crippen LogP contribution in [0.15, 0.2) is 4.42 Å². The number of carbonyl (C=O) groups is 1. The van der Waals surface area contributed by atoms with E-state index in [-0.39, 0.29) is 12.3 Å². The average Bonchev–Trinajstić information content (AvgIpc) is 2.71. The Balaban J connectivity index is 2.19. The zero-order valence-electron chi connectivity index (χ0n) is 9.66. The van der Waals surface area contributed by atoms with Gasteiger partial charge in [0.2, 0.25) is 5.78 Å². The summed E-state index contributed by atoms with van der Waals surface area (Å²) < 4.78 is 5.57. The van der Waals surface area contributed by atoms with Crippen LogP contribution in [0.3, 0.4) is 0 Å². The minimum Gasteiger partial charge on any atom is -0.437 e. The highest BCUT2D eigenvalue weighted by atomic mass is 16.4. The lowest BCUT2D eigenvalue weighted by Gasteiger charge is -2.17. The molecule has 0 aliphatic heterocycles. The molecule has 1 aliphatic rings. The third-order valence-electron chi connectivity index (χ3n) is 3.21. The lowest BCUT2D eigenvalue weighted by molar-refractivity contribution is 0.0971. The number of oxazole rings is 1. The van der Waals surface area contributed by atoms with Crippen molar-refractivity contribution in [3.05, 3.63) is 17.3 Å². The monoisotopic (exact) mass is 222 g/mol. The molecule has 0 aromatic carbocycles. The van der Waals surface area contributed by atoms with Gasteiger partial charge in [-0.05, 0) is 19.8 Å². The number of aryl methyl sites for hydroxylation is 1. The van der Waals surface area contributed by atoms with Crippen LogP contribution in [0.1, 0.15) is 60.2 Å². The molecule has 0 radical (unpaired) electrons. The number of hydrogen-bond donors (Lipinski definition) is 1. The van der Waals surface area contributed by atoms with Gasteiger partial charge in [-0.2, -0.15) is 0 Å². The van der Waals surface area contributed by atoms with Crippen LogP contribution in [0.25, 0.3) is 0 Å². The van der Waals surface area contributed by atoms with Crippen molar-refractivity contribution in [3.8, 4) is 0 Å². The Morgan fingerprint density at radius 3 is 2.75 bits per heavy atom. The molecule has 2 rings (SSSR count). The van der Waals surface area contributed by atoms with Gasteiger partial charge in [0.05, 0.1) is 12.2 Å². The number of nitrogens with zero attached hydrogens (tertiary/aromatic N) is 1. The van der Waals surface area contributed by atoms with E-state index in [0.717, 1.165) is 18.7 Å². The Bertz CT molecular complexity index is 378.